The molecule has 112 valence electrons. The Labute approximate surface area is 123 Å². The summed E-state index contributed by atoms with van der Waals surface area (Å²) in [7, 11) is 0. The summed E-state index contributed by atoms with van der Waals surface area (Å²) < 4.78 is 0. The molecular weight excluding hydrogens is 248 g/mol. The van der Waals surface area contributed by atoms with Gasteiger partial charge in [-0.3, -0.25) is 0 Å². The van der Waals surface area contributed by atoms with Gasteiger partial charge in [-0.1, -0.05) is 48.6 Å². The van der Waals surface area contributed by atoms with Crippen molar-refractivity contribution in [1.29, 1.82) is 0 Å². The van der Waals surface area contributed by atoms with Crippen LogP contribution in [0.3, 0.4) is 0 Å². The molecule has 0 aromatic carbocycles. The van der Waals surface area contributed by atoms with Gasteiger partial charge in [-0.05, 0) is 45.4 Å². The maximum atomic E-state index is 10.1. The first-order chi connectivity index (χ1) is 9.81. The second kappa shape index (κ2) is 15.6. The van der Waals surface area contributed by atoms with Crippen molar-refractivity contribution in [2.24, 2.45) is 0 Å². The second-order valence-corrected chi connectivity index (χ2v) is 4.67. The molecule has 0 aromatic rings. The second-order valence-electron chi connectivity index (χ2n) is 4.67. The van der Waals surface area contributed by atoms with Crippen molar-refractivity contribution in [1.82, 2.24) is 0 Å². The van der Waals surface area contributed by atoms with E-state index in [4.69, 9.17) is 0 Å². The van der Waals surface area contributed by atoms with Crippen molar-refractivity contribution in [2.75, 3.05) is 0 Å². The molecule has 0 aromatic heterocycles. The largest absolute Gasteiger partial charge is 0.389 e. The highest BCUT2D eigenvalue weighted by Crippen LogP contribution is 2.00. The first kappa shape index (κ1) is 18.6. The van der Waals surface area contributed by atoms with Gasteiger partial charge in [0, 0.05) is 6.42 Å². The van der Waals surface area contributed by atoms with Gasteiger partial charge in [-0.25, -0.2) is 0 Å². The summed E-state index contributed by atoms with van der Waals surface area (Å²) in [6.45, 7) is 1.91. The topological polar surface area (TPSA) is 37.3 Å². The average molecular weight is 276 g/mol. The van der Waals surface area contributed by atoms with Crippen LogP contribution in [0.25, 0.3) is 0 Å². The van der Waals surface area contributed by atoms with Crippen molar-refractivity contribution in [3.05, 3.63) is 48.6 Å². The third-order valence-corrected chi connectivity index (χ3v) is 2.78. The third-order valence-electron chi connectivity index (χ3n) is 2.78. The molecule has 2 nitrogen and oxygen atoms in total. The summed E-state index contributed by atoms with van der Waals surface area (Å²) in [5.41, 5.74) is 0. The standard InChI is InChI=1S/C18H28O2/c1-2-15-18(20)16-13-11-9-7-5-3-4-6-8-10-12-14-17-19/h2,4-7,11,13,15,17-18,20H,3,8-10,12,14,16H2,1H3/b6-4-,7-5-,13-11-,15-2+. The van der Waals surface area contributed by atoms with E-state index in [-0.39, 0.29) is 6.10 Å². The lowest BCUT2D eigenvalue weighted by molar-refractivity contribution is -0.107. The number of rotatable bonds is 12. The van der Waals surface area contributed by atoms with Crippen molar-refractivity contribution in [3.63, 3.8) is 0 Å². The molecule has 0 aliphatic heterocycles. The predicted molar refractivity (Wildman–Crippen MR) is 86.6 cm³/mol. The van der Waals surface area contributed by atoms with Crippen LogP contribution in [0, 0.1) is 0 Å². The zero-order valence-electron chi connectivity index (χ0n) is 12.6. The van der Waals surface area contributed by atoms with Crippen LogP contribution < -0.4 is 0 Å². The molecule has 0 radical (unpaired) electrons. The van der Waals surface area contributed by atoms with Gasteiger partial charge in [0.05, 0.1) is 6.10 Å². The fourth-order valence-electron chi connectivity index (χ4n) is 1.69. The molecule has 0 aliphatic carbocycles. The number of aliphatic hydroxyl groups excluding tert-OH is 1. The molecule has 0 amide bonds. The van der Waals surface area contributed by atoms with E-state index in [0.717, 1.165) is 38.4 Å². The van der Waals surface area contributed by atoms with Crippen LogP contribution in [0.15, 0.2) is 48.6 Å². The van der Waals surface area contributed by atoms with Gasteiger partial charge in [-0.2, -0.15) is 0 Å². The number of aldehydes is 1. The maximum Gasteiger partial charge on any atom is 0.119 e. The molecule has 0 saturated carbocycles. The van der Waals surface area contributed by atoms with Crippen LogP contribution >= 0.6 is 0 Å². The van der Waals surface area contributed by atoms with Crippen molar-refractivity contribution in [3.8, 4) is 0 Å². The van der Waals surface area contributed by atoms with E-state index in [1.54, 1.807) is 6.08 Å². The Bertz CT molecular complexity index is 324. The van der Waals surface area contributed by atoms with E-state index < -0.39 is 0 Å². The van der Waals surface area contributed by atoms with E-state index in [2.05, 4.69) is 30.4 Å². The lowest BCUT2D eigenvalue weighted by Crippen LogP contribution is -1.98. The van der Waals surface area contributed by atoms with Gasteiger partial charge in [0.15, 0.2) is 0 Å². The Hall–Kier alpha value is -1.41. The summed E-state index contributed by atoms with van der Waals surface area (Å²) in [5.74, 6) is 0. The molecule has 1 unspecified atom stereocenters. The SMILES string of the molecule is C/C=C/C(O)C/C=C\C/C=C\C/C=C\CCCCC=O. The molecule has 2 heteroatoms. The summed E-state index contributed by atoms with van der Waals surface area (Å²) in [6.07, 6.45) is 23.4. The van der Waals surface area contributed by atoms with E-state index in [0.29, 0.717) is 12.8 Å². The monoisotopic (exact) mass is 276 g/mol. The van der Waals surface area contributed by atoms with Gasteiger partial charge < -0.3 is 9.90 Å². The number of unbranched alkanes of at least 4 members (excludes halogenated alkanes) is 3. The molecule has 0 saturated heterocycles. The minimum absolute atomic E-state index is 0.359. The molecule has 0 spiro atoms. The Balaban J connectivity index is 3.45. The molecule has 0 bridgehead atoms. The summed E-state index contributed by atoms with van der Waals surface area (Å²) in [6, 6.07) is 0. The Morgan fingerprint density at radius 1 is 0.900 bits per heavy atom. The number of allylic oxidation sites excluding steroid dienone is 6. The molecule has 0 rings (SSSR count). The van der Waals surface area contributed by atoms with Crippen LogP contribution in [-0.4, -0.2) is 17.5 Å². The molecule has 0 aliphatic rings. The zero-order valence-corrected chi connectivity index (χ0v) is 12.6. The average Bonchev–Trinajstić information content (AvgIpc) is 2.44. The van der Waals surface area contributed by atoms with Gasteiger partial charge >= 0.3 is 0 Å². The van der Waals surface area contributed by atoms with Crippen molar-refractivity contribution in [2.45, 2.75) is 58.0 Å². The molecule has 0 heterocycles. The maximum absolute atomic E-state index is 10.1. The normalized spacial score (nSPS) is 14.1. The minimum Gasteiger partial charge on any atom is -0.389 e. The highest BCUT2D eigenvalue weighted by molar-refractivity contribution is 5.48. The zero-order chi connectivity index (χ0) is 14.9. The molecular formula is C18H28O2. The first-order valence-corrected chi connectivity index (χ1v) is 7.50. The van der Waals surface area contributed by atoms with Gasteiger partial charge in [0.1, 0.15) is 6.29 Å². The van der Waals surface area contributed by atoms with Crippen molar-refractivity contribution < 1.29 is 9.90 Å². The number of carbonyl (C=O) groups excluding carboxylic acids is 1. The lowest BCUT2D eigenvalue weighted by atomic mass is 10.2. The fraction of sp³-hybridized carbons (Fsp3) is 0.500. The quantitative estimate of drug-likeness (QED) is 0.323. The van der Waals surface area contributed by atoms with Crippen LogP contribution in [0.2, 0.25) is 0 Å². The van der Waals surface area contributed by atoms with Crippen LogP contribution in [0.5, 0.6) is 0 Å². The van der Waals surface area contributed by atoms with E-state index in [1.807, 2.05) is 19.1 Å². The third kappa shape index (κ3) is 14.7. The van der Waals surface area contributed by atoms with Crippen LogP contribution in [-0.2, 0) is 4.79 Å². The summed E-state index contributed by atoms with van der Waals surface area (Å²) in [4.78, 5) is 10.1. The first-order valence-electron chi connectivity index (χ1n) is 7.50. The Kier molecular flexibility index (Phi) is 14.5. The lowest BCUT2D eigenvalue weighted by Gasteiger charge is -1.98. The van der Waals surface area contributed by atoms with E-state index in [9.17, 15) is 9.90 Å². The van der Waals surface area contributed by atoms with E-state index in [1.165, 1.54) is 0 Å². The Morgan fingerprint density at radius 2 is 1.50 bits per heavy atom. The van der Waals surface area contributed by atoms with Gasteiger partial charge in [0.2, 0.25) is 0 Å². The van der Waals surface area contributed by atoms with Gasteiger partial charge in [-0.15, -0.1) is 0 Å². The smallest absolute Gasteiger partial charge is 0.119 e. The van der Waals surface area contributed by atoms with Crippen molar-refractivity contribution >= 4 is 6.29 Å². The summed E-state index contributed by atoms with van der Waals surface area (Å²) >= 11 is 0. The highest BCUT2D eigenvalue weighted by Gasteiger charge is 1.91. The summed E-state index contributed by atoms with van der Waals surface area (Å²) in [5, 5.41) is 9.44. The van der Waals surface area contributed by atoms with Crippen LogP contribution in [0.1, 0.15) is 51.9 Å². The molecule has 1 N–H and O–H groups in total. The molecule has 20 heavy (non-hydrogen) atoms. The predicted octanol–water partition coefficient (Wildman–Crippen LogP) is 4.52. The van der Waals surface area contributed by atoms with Gasteiger partial charge in [0.25, 0.3) is 0 Å². The highest BCUT2D eigenvalue weighted by atomic mass is 16.3. The fourth-order valence-corrected chi connectivity index (χ4v) is 1.69. The number of carbonyl (C=O) groups is 1. The van der Waals surface area contributed by atoms with Crippen LogP contribution in [0.4, 0.5) is 0 Å². The molecule has 0 fully saturated rings. The molecule has 1 atom stereocenters. The van der Waals surface area contributed by atoms with E-state index >= 15 is 0 Å². The number of hydrogen-bond donors (Lipinski definition) is 1. The number of hydrogen-bond acceptors (Lipinski definition) is 2. The Morgan fingerprint density at radius 3 is 2.15 bits per heavy atom. The number of aliphatic hydroxyl groups is 1. The minimum atomic E-state index is -0.359.